The molecule has 0 radical (unpaired) electrons. The lowest BCUT2D eigenvalue weighted by molar-refractivity contribution is 0.112. The monoisotopic (exact) mass is 324 g/mol. The quantitative estimate of drug-likeness (QED) is 0.857. The largest absolute Gasteiger partial charge is 0.288 e. The molecule has 1 aromatic rings. The van der Waals surface area contributed by atoms with Gasteiger partial charge in [0.15, 0.2) is 0 Å². The first kappa shape index (κ1) is 13.9. The molecule has 2 fully saturated rings. The van der Waals surface area contributed by atoms with E-state index in [0.29, 0.717) is 28.0 Å². The van der Waals surface area contributed by atoms with Crippen LogP contribution in [0.25, 0.3) is 0 Å². The van der Waals surface area contributed by atoms with E-state index in [-0.39, 0.29) is 0 Å². The molecule has 1 N–H and O–H groups in total. The number of hydroxylamine groups is 1. The van der Waals surface area contributed by atoms with Gasteiger partial charge in [-0.2, -0.15) is 0 Å². The van der Waals surface area contributed by atoms with Crippen molar-refractivity contribution >= 4 is 23.2 Å². The van der Waals surface area contributed by atoms with Crippen molar-refractivity contribution in [2.24, 2.45) is 0 Å². The molecule has 4 rings (SSSR count). The summed E-state index contributed by atoms with van der Waals surface area (Å²) < 4.78 is 0. The van der Waals surface area contributed by atoms with Crippen LogP contribution in [-0.2, 0) is 4.84 Å². The number of rotatable bonds is 3. The molecular formula is C16H18Cl2N2O. The zero-order valence-corrected chi connectivity index (χ0v) is 13.4. The molecule has 0 saturated carbocycles. The highest BCUT2D eigenvalue weighted by atomic mass is 35.5. The van der Waals surface area contributed by atoms with Crippen LogP contribution < -0.4 is 5.48 Å². The van der Waals surface area contributed by atoms with Gasteiger partial charge >= 0.3 is 0 Å². The van der Waals surface area contributed by atoms with E-state index in [1.807, 2.05) is 12.1 Å². The lowest BCUT2D eigenvalue weighted by atomic mass is 9.82. The summed E-state index contributed by atoms with van der Waals surface area (Å²) in [6.07, 6.45) is 3.72. The first-order valence-corrected chi connectivity index (χ1v) is 8.17. The summed E-state index contributed by atoms with van der Waals surface area (Å²) >= 11 is 12.3. The van der Waals surface area contributed by atoms with Gasteiger partial charge in [0.05, 0.1) is 22.9 Å². The first-order valence-electron chi connectivity index (χ1n) is 7.41. The number of nitrogens with one attached hydrogen (secondary N) is 1. The van der Waals surface area contributed by atoms with Gasteiger partial charge in [-0.15, -0.1) is 0 Å². The fourth-order valence-electron chi connectivity index (χ4n) is 4.34. The van der Waals surface area contributed by atoms with Crippen LogP contribution in [0.15, 0.2) is 29.5 Å². The highest BCUT2D eigenvalue weighted by Gasteiger charge is 2.49. The molecule has 0 aliphatic carbocycles. The Bertz CT molecular complexity index is 616. The minimum Gasteiger partial charge on any atom is -0.288 e. The van der Waals surface area contributed by atoms with Crippen LogP contribution in [0, 0.1) is 0 Å². The van der Waals surface area contributed by atoms with Crippen LogP contribution in [-0.4, -0.2) is 30.6 Å². The normalized spacial score (nSPS) is 33.7. The van der Waals surface area contributed by atoms with Gasteiger partial charge in [0.25, 0.3) is 0 Å². The Hall–Kier alpha value is -0.740. The first-order chi connectivity index (χ1) is 10.2. The third kappa shape index (κ3) is 2.10. The number of hydrogen-bond donors (Lipinski definition) is 1. The Balaban J connectivity index is 1.77. The lowest BCUT2D eigenvalue weighted by Crippen LogP contribution is -2.39. The Kier molecular flexibility index (Phi) is 3.42. The molecule has 4 bridgehead atoms. The van der Waals surface area contributed by atoms with Crippen LogP contribution in [0.4, 0.5) is 0 Å². The second kappa shape index (κ2) is 5.17. The average molecular weight is 325 g/mol. The van der Waals surface area contributed by atoms with E-state index in [4.69, 9.17) is 28.0 Å². The summed E-state index contributed by atoms with van der Waals surface area (Å²) in [6.45, 7) is 0.982. The third-order valence-electron chi connectivity index (χ3n) is 5.15. The highest BCUT2D eigenvalue weighted by Crippen LogP contribution is 2.51. The van der Waals surface area contributed by atoms with Crippen molar-refractivity contribution in [3.63, 3.8) is 0 Å². The predicted molar refractivity (Wildman–Crippen MR) is 84.5 cm³/mol. The molecule has 5 heteroatoms. The van der Waals surface area contributed by atoms with Crippen molar-refractivity contribution in [2.75, 3.05) is 13.7 Å². The van der Waals surface area contributed by atoms with E-state index in [2.05, 4.69) is 16.4 Å². The van der Waals surface area contributed by atoms with Gasteiger partial charge in [0.2, 0.25) is 0 Å². The van der Waals surface area contributed by atoms with Crippen molar-refractivity contribution in [2.45, 2.75) is 37.3 Å². The Morgan fingerprint density at radius 2 is 2.10 bits per heavy atom. The number of hydrogen-bond acceptors (Lipinski definition) is 3. The van der Waals surface area contributed by atoms with Gasteiger partial charge in [0.1, 0.15) is 0 Å². The number of piperidine rings is 1. The van der Waals surface area contributed by atoms with Gasteiger partial charge in [0, 0.05) is 24.5 Å². The molecule has 3 aliphatic heterocycles. The second-order valence-electron chi connectivity index (χ2n) is 6.12. The van der Waals surface area contributed by atoms with Crippen LogP contribution in [0.3, 0.4) is 0 Å². The summed E-state index contributed by atoms with van der Waals surface area (Å²) in [4.78, 5) is 7.80. The second-order valence-corrected chi connectivity index (χ2v) is 6.94. The van der Waals surface area contributed by atoms with Crippen LogP contribution >= 0.6 is 23.2 Å². The SMILES string of the molecule is CONC1=C2[C@H]3CC[C@@H](C[C@@H]2c2ccc(Cl)c(Cl)c2)N3C1. The fourth-order valence-corrected chi connectivity index (χ4v) is 4.65. The third-order valence-corrected chi connectivity index (χ3v) is 5.88. The van der Waals surface area contributed by atoms with E-state index in [9.17, 15) is 0 Å². The van der Waals surface area contributed by atoms with E-state index in [0.717, 1.165) is 6.54 Å². The van der Waals surface area contributed by atoms with Crippen molar-refractivity contribution in [1.82, 2.24) is 10.4 Å². The molecule has 2 saturated heterocycles. The minimum atomic E-state index is 0.425. The van der Waals surface area contributed by atoms with Crippen LogP contribution in [0.1, 0.15) is 30.7 Å². The van der Waals surface area contributed by atoms with Crippen molar-refractivity contribution in [3.8, 4) is 0 Å². The zero-order valence-electron chi connectivity index (χ0n) is 11.9. The number of halogens is 2. The minimum absolute atomic E-state index is 0.425. The van der Waals surface area contributed by atoms with Gasteiger partial charge in [-0.1, -0.05) is 29.3 Å². The molecule has 1 aromatic carbocycles. The standard InChI is InChI=1S/C16H18Cl2N2O/c1-21-19-14-8-20-10-3-5-15(20)16(14)11(7-10)9-2-4-12(17)13(18)6-9/h2,4,6,10-11,15,19H,3,5,7-8H2,1H3/t10-,11+,15+/m0/s1. The molecule has 112 valence electrons. The molecular weight excluding hydrogens is 307 g/mol. The summed E-state index contributed by atoms with van der Waals surface area (Å²) in [5.41, 5.74) is 7.10. The lowest BCUT2D eigenvalue weighted by Gasteiger charge is -2.35. The number of benzene rings is 1. The Labute approximate surface area is 134 Å². The van der Waals surface area contributed by atoms with E-state index >= 15 is 0 Å². The molecule has 0 amide bonds. The summed E-state index contributed by atoms with van der Waals surface area (Å²) in [6, 6.07) is 7.30. The molecule has 0 spiro atoms. The average Bonchev–Trinajstić information content (AvgIpc) is 2.88. The summed E-state index contributed by atoms with van der Waals surface area (Å²) in [5, 5.41) is 1.26. The molecule has 3 heterocycles. The maximum atomic E-state index is 6.22. The number of nitrogens with zero attached hydrogens (tertiary/aromatic N) is 1. The molecule has 3 aliphatic rings. The molecule has 3 nitrogen and oxygen atoms in total. The van der Waals surface area contributed by atoms with Gasteiger partial charge in [-0.25, -0.2) is 0 Å². The maximum absolute atomic E-state index is 6.22. The van der Waals surface area contributed by atoms with Crippen molar-refractivity contribution in [3.05, 3.63) is 45.1 Å². The smallest absolute Gasteiger partial charge is 0.0636 e. The van der Waals surface area contributed by atoms with Crippen molar-refractivity contribution < 1.29 is 4.84 Å². The highest BCUT2D eigenvalue weighted by molar-refractivity contribution is 6.42. The maximum Gasteiger partial charge on any atom is 0.0636 e. The topological polar surface area (TPSA) is 24.5 Å². The van der Waals surface area contributed by atoms with Crippen LogP contribution in [0.5, 0.6) is 0 Å². The van der Waals surface area contributed by atoms with E-state index < -0.39 is 0 Å². The fraction of sp³-hybridized carbons (Fsp3) is 0.500. The van der Waals surface area contributed by atoms with Crippen LogP contribution in [0.2, 0.25) is 10.0 Å². The molecule has 1 unspecified atom stereocenters. The zero-order chi connectivity index (χ0) is 14.6. The van der Waals surface area contributed by atoms with Crippen molar-refractivity contribution in [1.29, 1.82) is 0 Å². The molecule has 0 aromatic heterocycles. The summed E-state index contributed by atoms with van der Waals surface area (Å²) in [7, 11) is 1.68. The van der Waals surface area contributed by atoms with Gasteiger partial charge < -0.3 is 0 Å². The van der Waals surface area contributed by atoms with Gasteiger partial charge in [-0.05, 0) is 42.5 Å². The Morgan fingerprint density at radius 3 is 2.86 bits per heavy atom. The molecule has 4 atom stereocenters. The van der Waals surface area contributed by atoms with E-state index in [1.54, 1.807) is 7.11 Å². The Morgan fingerprint density at radius 1 is 1.24 bits per heavy atom. The van der Waals surface area contributed by atoms with Gasteiger partial charge in [-0.3, -0.25) is 15.2 Å². The predicted octanol–water partition coefficient (Wildman–Crippen LogP) is 3.73. The van der Waals surface area contributed by atoms with E-state index in [1.165, 1.54) is 36.1 Å². The summed E-state index contributed by atoms with van der Waals surface area (Å²) in [5.74, 6) is 0.425. The molecule has 21 heavy (non-hydrogen) atoms.